The van der Waals surface area contributed by atoms with Crippen LogP contribution in [0.3, 0.4) is 0 Å². The Balaban J connectivity index is 1.59. The topological polar surface area (TPSA) is 58.6 Å². The van der Waals surface area contributed by atoms with E-state index in [1.807, 2.05) is 47.4 Å². The third-order valence-electron chi connectivity index (χ3n) is 5.10. The number of amides is 2. The largest absolute Gasteiger partial charge is 0.484 e. The van der Waals surface area contributed by atoms with Gasteiger partial charge in [-0.25, -0.2) is 0 Å². The van der Waals surface area contributed by atoms with E-state index in [2.05, 4.69) is 33.0 Å². The van der Waals surface area contributed by atoms with Gasteiger partial charge in [0.05, 0.1) is 0 Å². The minimum Gasteiger partial charge on any atom is -0.484 e. The van der Waals surface area contributed by atoms with Crippen LogP contribution in [0.4, 0.5) is 11.4 Å². The Morgan fingerprint density at radius 2 is 1.83 bits per heavy atom. The number of fused-ring (bicyclic) bond motifs is 1. The van der Waals surface area contributed by atoms with Gasteiger partial charge < -0.3 is 15.0 Å². The molecule has 1 aliphatic rings. The molecule has 2 aromatic carbocycles. The van der Waals surface area contributed by atoms with Crippen LogP contribution in [0.5, 0.6) is 5.75 Å². The summed E-state index contributed by atoms with van der Waals surface area (Å²) < 4.78 is 5.62. The summed E-state index contributed by atoms with van der Waals surface area (Å²) in [6.07, 6.45) is 2.13. The van der Waals surface area contributed by atoms with Gasteiger partial charge in [0.1, 0.15) is 5.75 Å². The maximum absolute atomic E-state index is 12.3. The fourth-order valence-corrected chi connectivity index (χ4v) is 3.50. The molecule has 0 bridgehead atoms. The smallest absolute Gasteiger partial charge is 0.262 e. The number of carbonyl (C=O) groups is 2. The van der Waals surface area contributed by atoms with E-state index in [0.29, 0.717) is 18.6 Å². The number of benzene rings is 2. The normalized spacial score (nSPS) is 13.8. The number of carbonyl (C=O) groups excluding carboxylic acids is 2. The zero-order valence-corrected chi connectivity index (χ0v) is 17.7. The van der Waals surface area contributed by atoms with Crippen LogP contribution in [0.1, 0.15) is 51.7 Å². The van der Waals surface area contributed by atoms with E-state index in [1.54, 1.807) is 0 Å². The minimum absolute atomic E-state index is 0.0492. The highest BCUT2D eigenvalue weighted by Gasteiger charge is 2.23. The Kier molecular flexibility index (Phi) is 6.26. The second kappa shape index (κ2) is 8.68. The Hall–Kier alpha value is -2.82. The number of aryl methyl sites for hydroxylation is 1. The number of ether oxygens (including phenoxy) is 1. The first kappa shape index (κ1) is 20.9. The predicted octanol–water partition coefficient (Wildman–Crippen LogP) is 4.69. The third kappa shape index (κ3) is 5.17. The van der Waals surface area contributed by atoms with Crippen LogP contribution in [0.15, 0.2) is 42.5 Å². The Morgan fingerprint density at radius 1 is 1.10 bits per heavy atom. The molecule has 0 radical (unpaired) electrons. The molecule has 0 unspecified atom stereocenters. The zero-order chi connectivity index (χ0) is 21.0. The van der Waals surface area contributed by atoms with E-state index < -0.39 is 0 Å². The first-order chi connectivity index (χ1) is 13.8. The lowest BCUT2D eigenvalue weighted by molar-refractivity contribution is -0.119. The second-order valence-electron chi connectivity index (χ2n) is 8.50. The SMILES string of the molecule is CCCN1C(=O)CCc2cc(NC(=O)COc3ccc(C(C)(C)C)cc3)ccc21. The summed E-state index contributed by atoms with van der Waals surface area (Å²) in [5.74, 6) is 0.636. The summed E-state index contributed by atoms with van der Waals surface area (Å²) in [6, 6.07) is 13.6. The van der Waals surface area contributed by atoms with Gasteiger partial charge in [-0.1, -0.05) is 39.8 Å². The first-order valence-electron chi connectivity index (χ1n) is 10.2. The second-order valence-corrected chi connectivity index (χ2v) is 8.50. The Morgan fingerprint density at radius 3 is 2.48 bits per heavy atom. The van der Waals surface area contributed by atoms with Gasteiger partial charge in [0.25, 0.3) is 5.91 Å². The van der Waals surface area contributed by atoms with E-state index in [0.717, 1.165) is 29.9 Å². The summed E-state index contributed by atoms with van der Waals surface area (Å²) >= 11 is 0. The highest BCUT2D eigenvalue weighted by atomic mass is 16.5. The number of nitrogens with one attached hydrogen (secondary N) is 1. The molecule has 0 aliphatic carbocycles. The maximum atomic E-state index is 12.3. The van der Waals surface area contributed by atoms with Crippen LogP contribution in [0, 0.1) is 0 Å². The van der Waals surface area contributed by atoms with Crippen molar-refractivity contribution in [1.82, 2.24) is 0 Å². The monoisotopic (exact) mass is 394 g/mol. The van der Waals surface area contributed by atoms with Crippen molar-refractivity contribution in [1.29, 1.82) is 0 Å². The summed E-state index contributed by atoms with van der Waals surface area (Å²) in [4.78, 5) is 26.3. The molecule has 0 atom stereocenters. The van der Waals surface area contributed by atoms with Crippen LogP contribution >= 0.6 is 0 Å². The van der Waals surface area contributed by atoms with E-state index in [4.69, 9.17) is 4.74 Å². The highest BCUT2D eigenvalue weighted by molar-refractivity contribution is 5.97. The van der Waals surface area contributed by atoms with Crippen LogP contribution in [0.2, 0.25) is 0 Å². The van der Waals surface area contributed by atoms with Crippen LogP contribution in [0.25, 0.3) is 0 Å². The minimum atomic E-state index is -0.206. The fourth-order valence-electron chi connectivity index (χ4n) is 3.50. The van der Waals surface area contributed by atoms with Crippen molar-refractivity contribution in [2.75, 3.05) is 23.4 Å². The molecule has 154 valence electrons. The van der Waals surface area contributed by atoms with Gasteiger partial charge in [-0.3, -0.25) is 9.59 Å². The number of anilines is 2. The third-order valence-corrected chi connectivity index (χ3v) is 5.10. The molecule has 2 aromatic rings. The van der Waals surface area contributed by atoms with Gasteiger partial charge in [0.15, 0.2) is 6.61 Å². The fraction of sp³-hybridized carbons (Fsp3) is 0.417. The van der Waals surface area contributed by atoms with E-state index in [-0.39, 0.29) is 23.8 Å². The van der Waals surface area contributed by atoms with Crippen molar-refractivity contribution >= 4 is 23.2 Å². The van der Waals surface area contributed by atoms with E-state index >= 15 is 0 Å². The average Bonchev–Trinajstić information content (AvgIpc) is 2.68. The molecule has 0 spiro atoms. The van der Waals surface area contributed by atoms with Gasteiger partial charge in [-0.05, 0) is 59.7 Å². The standard InChI is InChI=1S/C24H30N2O3/c1-5-14-26-21-12-9-19(15-17(21)6-13-23(26)28)25-22(27)16-29-20-10-7-18(8-11-20)24(2,3)4/h7-12,15H,5-6,13-14,16H2,1-4H3,(H,25,27). The molecule has 0 saturated heterocycles. The van der Waals surface area contributed by atoms with Crippen molar-refractivity contribution in [3.05, 3.63) is 53.6 Å². The van der Waals surface area contributed by atoms with Crippen LogP contribution < -0.4 is 15.0 Å². The lowest BCUT2D eigenvalue weighted by Gasteiger charge is -2.29. The number of rotatable bonds is 6. The predicted molar refractivity (Wildman–Crippen MR) is 117 cm³/mol. The van der Waals surface area contributed by atoms with E-state index in [9.17, 15) is 9.59 Å². The molecule has 1 N–H and O–H groups in total. The van der Waals surface area contributed by atoms with Crippen molar-refractivity contribution in [3.63, 3.8) is 0 Å². The van der Waals surface area contributed by atoms with Gasteiger partial charge >= 0.3 is 0 Å². The molecule has 0 saturated carbocycles. The molecular weight excluding hydrogens is 364 g/mol. The van der Waals surface area contributed by atoms with Gasteiger partial charge in [-0.15, -0.1) is 0 Å². The summed E-state index contributed by atoms with van der Waals surface area (Å²) in [5, 5.41) is 2.89. The molecule has 1 aliphatic heterocycles. The quantitative estimate of drug-likeness (QED) is 0.773. The summed E-state index contributed by atoms with van der Waals surface area (Å²) in [7, 11) is 0. The van der Waals surface area contributed by atoms with Crippen molar-refractivity contribution in [2.24, 2.45) is 0 Å². The van der Waals surface area contributed by atoms with Crippen LogP contribution in [-0.2, 0) is 21.4 Å². The molecule has 0 fully saturated rings. The summed E-state index contributed by atoms with van der Waals surface area (Å²) in [6.45, 7) is 9.21. The lowest BCUT2D eigenvalue weighted by Crippen LogP contribution is -2.35. The number of hydrogen-bond acceptors (Lipinski definition) is 3. The molecule has 5 nitrogen and oxygen atoms in total. The summed E-state index contributed by atoms with van der Waals surface area (Å²) in [5.41, 5.74) is 4.08. The van der Waals surface area contributed by atoms with Crippen molar-refractivity contribution < 1.29 is 14.3 Å². The Labute approximate surface area is 173 Å². The molecular formula is C24H30N2O3. The Bertz CT molecular complexity index is 882. The van der Waals surface area contributed by atoms with E-state index in [1.165, 1.54) is 5.56 Å². The van der Waals surface area contributed by atoms with Crippen molar-refractivity contribution in [3.8, 4) is 5.75 Å². The lowest BCUT2D eigenvalue weighted by atomic mass is 9.87. The number of hydrogen-bond donors (Lipinski definition) is 1. The van der Waals surface area contributed by atoms with Gasteiger partial charge in [0.2, 0.25) is 5.91 Å². The maximum Gasteiger partial charge on any atom is 0.262 e. The average molecular weight is 395 g/mol. The molecule has 5 heteroatoms. The van der Waals surface area contributed by atoms with Crippen LogP contribution in [-0.4, -0.2) is 25.0 Å². The van der Waals surface area contributed by atoms with Crippen molar-refractivity contribution in [2.45, 2.75) is 52.4 Å². The first-order valence-corrected chi connectivity index (χ1v) is 10.2. The molecule has 0 aromatic heterocycles. The molecule has 29 heavy (non-hydrogen) atoms. The number of nitrogens with zero attached hydrogens (tertiary/aromatic N) is 1. The highest BCUT2D eigenvalue weighted by Crippen LogP contribution is 2.30. The molecule has 1 heterocycles. The van der Waals surface area contributed by atoms with Gasteiger partial charge in [-0.2, -0.15) is 0 Å². The zero-order valence-electron chi connectivity index (χ0n) is 17.7. The van der Waals surface area contributed by atoms with Gasteiger partial charge in [0, 0.05) is 24.3 Å². The molecule has 2 amide bonds. The molecule has 3 rings (SSSR count).